The Kier molecular flexibility index (Phi) is 4.03. The lowest BCUT2D eigenvalue weighted by molar-refractivity contribution is 0.0596. The van der Waals surface area contributed by atoms with E-state index < -0.39 is 6.10 Å². The van der Waals surface area contributed by atoms with Gasteiger partial charge in [0.1, 0.15) is 6.10 Å². The van der Waals surface area contributed by atoms with Crippen molar-refractivity contribution >= 4 is 0 Å². The summed E-state index contributed by atoms with van der Waals surface area (Å²) in [6, 6.07) is 0. The summed E-state index contributed by atoms with van der Waals surface area (Å²) in [5, 5.41) is 9.49. The fraction of sp³-hybridized carbons (Fsp3) is 0.667. The Balaban J connectivity index is 2.48. The number of terminal acetylenes is 1. The number of hydrogen-bond acceptors (Lipinski definition) is 2. The van der Waals surface area contributed by atoms with E-state index in [1.165, 1.54) is 0 Å². The van der Waals surface area contributed by atoms with E-state index in [1.54, 1.807) is 6.26 Å². The molecule has 0 spiro atoms. The van der Waals surface area contributed by atoms with E-state index in [0.29, 0.717) is 5.92 Å². The molecule has 0 radical (unpaired) electrons. The number of rotatable bonds is 3. The van der Waals surface area contributed by atoms with Gasteiger partial charge in [0.2, 0.25) is 0 Å². The number of aliphatic hydroxyl groups excluding tert-OH is 1. The van der Waals surface area contributed by atoms with Gasteiger partial charge in [-0.3, -0.25) is 0 Å². The highest BCUT2D eigenvalue weighted by atomic mass is 16.5. The summed E-state index contributed by atoms with van der Waals surface area (Å²) >= 11 is 0. The Labute approximate surface area is 86.0 Å². The van der Waals surface area contributed by atoms with E-state index in [2.05, 4.69) is 19.8 Å². The molecule has 1 rings (SSSR count). The summed E-state index contributed by atoms with van der Waals surface area (Å²) in [6.45, 7) is 4.32. The zero-order valence-electron chi connectivity index (χ0n) is 8.81. The lowest BCUT2D eigenvalue weighted by atomic mass is 9.90. The van der Waals surface area contributed by atoms with Gasteiger partial charge in [0.05, 0.1) is 12.4 Å². The van der Waals surface area contributed by atoms with Gasteiger partial charge in [0, 0.05) is 5.92 Å². The quantitative estimate of drug-likeness (QED) is 0.696. The van der Waals surface area contributed by atoms with Crippen LogP contribution in [0.5, 0.6) is 0 Å². The first-order valence-electron chi connectivity index (χ1n) is 5.09. The third kappa shape index (κ3) is 3.08. The van der Waals surface area contributed by atoms with E-state index in [0.717, 1.165) is 12.8 Å². The van der Waals surface area contributed by atoms with E-state index in [4.69, 9.17) is 11.2 Å². The first-order valence-corrected chi connectivity index (χ1v) is 5.09. The van der Waals surface area contributed by atoms with Crippen molar-refractivity contribution in [2.75, 3.05) is 0 Å². The lowest BCUT2D eigenvalue weighted by Gasteiger charge is -2.27. The molecular weight excluding hydrogens is 176 g/mol. The monoisotopic (exact) mass is 194 g/mol. The zero-order chi connectivity index (χ0) is 10.6. The molecule has 1 N–H and O–H groups in total. The summed E-state index contributed by atoms with van der Waals surface area (Å²) in [7, 11) is 0. The van der Waals surface area contributed by atoms with Crippen LogP contribution in [0, 0.1) is 24.2 Å². The molecule has 0 aromatic carbocycles. The third-order valence-electron chi connectivity index (χ3n) is 2.44. The molecule has 3 atom stereocenters. The topological polar surface area (TPSA) is 29.5 Å². The second kappa shape index (κ2) is 5.07. The zero-order valence-corrected chi connectivity index (χ0v) is 8.81. The van der Waals surface area contributed by atoms with Gasteiger partial charge < -0.3 is 9.84 Å². The molecule has 0 saturated heterocycles. The van der Waals surface area contributed by atoms with Gasteiger partial charge in [-0.1, -0.05) is 19.8 Å². The van der Waals surface area contributed by atoms with Crippen LogP contribution in [0.25, 0.3) is 0 Å². The molecule has 2 nitrogen and oxygen atoms in total. The van der Waals surface area contributed by atoms with Crippen molar-refractivity contribution < 1.29 is 9.84 Å². The van der Waals surface area contributed by atoms with Crippen LogP contribution in [0.3, 0.4) is 0 Å². The maximum Gasteiger partial charge on any atom is 0.120 e. The second-order valence-electron chi connectivity index (χ2n) is 4.23. The molecule has 0 bridgehead atoms. The molecule has 14 heavy (non-hydrogen) atoms. The fourth-order valence-corrected chi connectivity index (χ4v) is 1.73. The smallest absolute Gasteiger partial charge is 0.120 e. The maximum absolute atomic E-state index is 9.49. The molecule has 1 aliphatic rings. The summed E-state index contributed by atoms with van der Waals surface area (Å²) in [5.41, 5.74) is 0. The molecule has 0 saturated carbocycles. The first-order chi connectivity index (χ1) is 6.63. The molecule has 0 aliphatic carbocycles. The summed E-state index contributed by atoms with van der Waals surface area (Å²) in [6.07, 6.45) is 10.0. The molecule has 0 amide bonds. The van der Waals surface area contributed by atoms with Crippen molar-refractivity contribution in [3.05, 3.63) is 12.3 Å². The lowest BCUT2D eigenvalue weighted by Crippen LogP contribution is -2.27. The molecule has 1 aliphatic heterocycles. The molecule has 2 heteroatoms. The highest BCUT2D eigenvalue weighted by Gasteiger charge is 2.24. The normalized spacial score (nSPS) is 28.2. The van der Waals surface area contributed by atoms with Gasteiger partial charge in [-0.15, -0.1) is 6.42 Å². The van der Waals surface area contributed by atoms with Gasteiger partial charge in [0.25, 0.3) is 0 Å². The SMILES string of the molecule is C#CC(O)C1C=COC(CC(C)C)C1. The number of ether oxygens (including phenoxy) is 1. The van der Waals surface area contributed by atoms with Crippen LogP contribution < -0.4 is 0 Å². The molecule has 0 fully saturated rings. The number of aliphatic hydroxyl groups is 1. The van der Waals surface area contributed by atoms with Crippen LogP contribution in [0.15, 0.2) is 12.3 Å². The van der Waals surface area contributed by atoms with E-state index in [9.17, 15) is 5.11 Å². The van der Waals surface area contributed by atoms with E-state index in [1.807, 2.05) is 6.08 Å². The first kappa shape index (κ1) is 11.1. The van der Waals surface area contributed by atoms with Crippen molar-refractivity contribution in [2.24, 2.45) is 11.8 Å². The summed E-state index contributed by atoms with van der Waals surface area (Å²) < 4.78 is 5.45. The predicted octanol–water partition coefficient (Wildman–Crippen LogP) is 1.95. The Bertz CT molecular complexity index is 237. The Morgan fingerprint density at radius 3 is 2.93 bits per heavy atom. The summed E-state index contributed by atoms with van der Waals surface area (Å²) in [4.78, 5) is 0. The minimum Gasteiger partial charge on any atom is -0.498 e. The second-order valence-corrected chi connectivity index (χ2v) is 4.23. The van der Waals surface area contributed by atoms with Gasteiger partial charge >= 0.3 is 0 Å². The van der Waals surface area contributed by atoms with Crippen LogP contribution >= 0.6 is 0 Å². The molecule has 1 heterocycles. The highest BCUT2D eigenvalue weighted by molar-refractivity contribution is 5.05. The molecule has 0 aromatic rings. The Hall–Kier alpha value is -0.940. The Morgan fingerprint density at radius 1 is 1.64 bits per heavy atom. The van der Waals surface area contributed by atoms with Gasteiger partial charge in [-0.05, 0) is 24.8 Å². The predicted molar refractivity (Wildman–Crippen MR) is 56.4 cm³/mol. The fourth-order valence-electron chi connectivity index (χ4n) is 1.73. The van der Waals surface area contributed by atoms with Gasteiger partial charge in [-0.2, -0.15) is 0 Å². The van der Waals surface area contributed by atoms with E-state index in [-0.39, 0.29) is 12.0 Å². The van der Waals surface area contributed by atoms with Gasteiger partial charge in [0.15, 0.2) is 0 Å². The highest BCUT2D eigenvalue weighted by Crippen LogP contribution is 2.24. The average Bonchev–Trinajstić information content (AvgIpc) is 2.16. The van der Waals surface area contributed by atoms with Crippen LogP contribution in [0.1, 0.15) is 26.7 Å². The molecule has 78 valence electrons. The van der Waals surface area contributed by atoms with E-state index >= 15 is 0 Å². The minimum atomic E-state index is -0.676. The van der Waals surface area contributed by atoms with Crippen molar-refractivity contribution in [3.63, 3.8) is 0 Å². The van der Waals surface area contributed by atoms with Crippen molar-refractivity contribution in [1.29, 1.82) is 0 Å². The van der Waals surface area contributed by atoms with Crippen LogP contribution in [0.2, 0.25) is 0 Å². The molecule has 3 unspecified atom stereocenters. The van der Waals surface area contributed by atoms with Gasteiger partial charge in [-0.25, -0.2) is 0 Å². The standard InChI is InChI=1S/C12H18O2/c1-4-12(13)10-5-6-14-11(8-10)7-9(2)3/h1,5-6,9-13H,7-8H2,2-3H3. The molecule has 0 aromatic heterocycles. The molecular formula is C12H18O2. The van der Waals surface area contributed by atoms with Crippen LogP contribution in [-0.2, 0) is 4.74 Å². The van der Waals surface area contributed by atoms with Crippen molar-refractivity contribution in [2.45, 2.75) is 38.9 Å². The number of hydrogen-bond donors (Lipinski definition) is 1. The van der Waals surface area contributed by atoms with Crippen molar-refractivity contribution in [1.82, 2.24) is 0 Å². The van der Waals surface area contributed by atoms with Crippen LogP contribution in [0.4, 0.5) is 0 Å². The summed E-state index contributed by atoms with van der Waals surface area (Å²) in [5.74, 6) is 3.02. The average molecular weight is 194 g/mol. The third-order valence-corrected chi connectivity index (χ3v) is 2.44. The largest absolute Gasteiger partial charge is 0.498 e. The van der Waals surface area contributed by atoms with Crippen LogP contribution in [-0.4, -0.2) is 17.3 Å². The maximum atomic E-state index is 9.49. The minimum absolute atomic E-state index is 0.0532. The van der Waals surface area contributed by atoms with Crippen molar-refractivity contribution in [3.8, 4) is 12.3 Å². The Morgan fingerprint density at radius 2 is 2.36 bits per heavy atom.